The third-order valence-corrected chi connectivity index (χ3v) is 2.30. The van der Waals surface area contributed by atoms with E-state index in [0.717, 1.165) is 3.57 Å². The molecule has 1 aromatic heterocycles. The summed E-state index contributed by atoms with van der Waals surface area (Å²) in [5.41, 5.74) is 0.546. The Morgan fingerprint density at radius 3 is 2.91 bits per heavy atom. The molecule has 0 aliphatic rings. The Morgan fingerprint density at radius 1 is 1.64 bits per heavy atom. The van der Waals surface area contributed by atoms with E-state index < -0.39 is 0 Å². The van der Waals surface area contributed by atoms with Gasteiger partial charge in [-0.2, -0.15) is 5.26 Å². The van der Waals surface area contributed by atoms with Gasteiger partial charge in [-0.05, 0) is 22.6 Å². The van der Waals surface area contributed by atoms with Crippen LogP contribution < -0.4 is 4.74 Å². The summed E-state index contributed by atoms with van der Waals surface area (Å²) >= 11 is 2.05. The lowest BCUT2D eigenvalue weighted by Gasteiger charge is -2.01. The van der Waals surface area contributed by atoms with Crippen molar-refractivity contribution in [2.45, 2.75) is 0 Å². The van der Waals surface area contributed by atoms with Crippen LogP contribution in [0.25, 0.3) is 0 Å². The van der Waals surface area contributed by atoms with Crippen LogP contribution in [0.4, 0.5) is 0 Å². The van der Waals surface area contributed by atoms with Gasteiger partial charge < -0.3 is 4.74 Å². The highest BCUT2D eigenvalue weighted by Gasteiger charge is 2.04. The van der Waals surface area contributed by atoms with Crippen molar-refractivity contribution in [2.75, 3.05) is 7.11 Å². The van der Waals surface area contributed by atoms with E-state index in [1.165, 1.54) is 6.20 Å². The molecule has 0 radical (unpaired) electrons. The number of hydrogen-bond donors (Lipinski definition) is 0. The average Bonchev–Trinajstić information content (AvgIpc) is 2.05. The normalized spacial score (nSPS) is 8.82. The summed E-state index contributed by atoms with van der Waals surface area (Å²) in [5.74, 6) is 0.643. The van der Waals surface area contributed by atoms with Gasteiger partial charge in [0.15, 0.2) is 5.75 Å². The molecule has 0 saturated carbocycles. The molecule has 0 fully saturated rings. The highest BCUT2D eigenvalue weighted by atomic mass is 127. The van der Waals surface area contributed by atoms with E-state index >= 15 is 0 Å². The average molecular weight is 260 g/mol. The van der Waals surface area contributed by atoms with Gasteiger partial charge >= 0.3 is 0 Å². The number of nitriles is 1. The van der Waals surface area contributed by atoms with Crippen LogP contribution in [0.2, 0.25) is 0 Å². The number of halogens is 1. The molecule has 0 aliphatic carbocycles. The molecule has 0 saturated heterocycles. The minimum atomic E-state index is 0.546. The van der Waals surface area contributed by atoms with Gasteiger partial charge in [-0.1, -0.05) is 0 Å². The molecule has 1 heterocycles. The predicted octanol–water partition coefficient (Wildman–Crippen LogP) is 1.57. The molecule has 0 aliphatic heterocycles. The van der Waals surface area contributed by atoms with Crippen LogP contribution in [0.5, 0.6) is 5.75 Å². The highest BCUT2D eigenvalue weighted by Crippen LogP contribution is 2.21. The maximum atomic E-state index is 8.59. The Morgan fingerprint density at radius 2 is 2.36 bits per heavy atom. The fraction of sp³-hybridized carbons (Fsp3) is 0.143. The fourth-order valence-electron chi connectivity index (χ4n) is 0.646. The molecule has 56 valence electrons. The topological polar surface area (TPSA) is 45.9 Å². The highest BCUT2D eigenvalue weighted by molar-refractivity contribution is 14.1. The Balaban J connectivity index is 3.23. The zero-order valence-electron chi connectivity index (χ0n) is 5.84. The van der Waals surface area contributed by atoms with Crippen LogP contribution in [-0.2, 0) is 0 Å². The molecule has 0 atom stereocenters. The minimum absolute atomic E-state index is 0.546. The predicted molar refractivity (Wildman–Crippen MR) is 48.2 cm³/mol. The van der Waals surface area contributed by atoms with Gasteiger partial charge in [0, 0.05) is 6.20 Å². The van der Waals surface area contributed by atoms with E-state index in [2.05, 4.69) is 27.6 Å². The molecule has 1 aromatic rings. The van der Waals surface area contributed by atoms with Gasteiger partial charge in [-0.15, -0.1) is 0 Å². The van der Waals surface area contributed by atoms with Crippen LogP contribution in [0.15, 0.2) is 12.4 Å². The van der Waals surface area contributed by atoms with E-state index in [1.54, 1.807) is 13.3 Å². The Labute approximate surface area is 78.1 Å². The van der Waals surface area contributed by atoms with Gasteiger partial charge in [0.1, 0.15) is 6.07 Å². The number of ether oxygens (including phenoxy) is 1. The maximum absolute atomic E-state index is 8.59. The summed E-state index contributed by atoms with van der Waals surface area (Å²) in [6.45, 7) is 0. The largest absolute Gasteiger partial charge is 0.494 e. The van der Waals surface area contributed by atoms with Crippen molar-refractivity contribution in [1.29, 1.82) is 5.26 Å². The van der Waals surface area contributed by atoms with Crippen molar-refractivity contribution in [3.63, 3.8) is 0 Å². The molecule has 0 bridgehead atoms. The van der Waals surface area contributed by atoms with E-state index in [-0.39, 0.29) is 0 Å². The number of aromatic nitrogens is 1. The number of methoxy groups -OCH3 is 1. The Kier molecular flexibility index (Phi) is 2.65. The van der Waals surface area contributed by atoms with E-state index in [0.29, 0.717) is 11.3 Å². The van der Waals surface area contributed by atoms with Gasteiger partial charge in [0.25, 0.3) is 0 Å². The SMILES string of the molecule is COc1cncc(C#N)c1I. The molecular formula is C7H5IN2O. The molecule has 0 spiro atoms. The van der Waals surface area contributed by atoms with E-state index in [4.69, 9.17) is 10.00 Å². The van der Waals surface area contributed by atoms with Crippen molar-refractivity contribution in [3.05, 3.63) is 21.5 Å². The smallest absolute Gasteiger partial charge is 0.151 e. The quantitative estimate of drug-likeness (QED) is 0.720. The molecule has 4 heteroatoms. The van der Waals surface area contributed by atoms with E-state index in [9.17, 15) is 0 Å². The monoisotopic (exact) mass is 260 g/mol. The van der Waals surface area contributed by atoms with Crippen molar-refractivity contribution in [2.24, 2.45) is 0 Å². The molecule has 0 unspecified atom stereocenters. The van der Waals surface area contributed by atoms with Gasteiger partial charge in [0.05, 0.1) is 22.4 Å². The summed E-state index contributed by atoms with van der Waals surface area (Å²) in [7, 11) is 1.56. The summed E-state index contributed by atoms with van der Waals surface area (Å²) in [4.78, 5) is 3.83. The van der Waals surface area contributed by atoms with Crippen LogP contribution in [-0.4, -0.2) is 12.1 Å². The zero-order valence-corrected chi connectivity index (χ0v) is 7.99. The first kappa shape index (κ1) is 8.27. The molecule has 0 N–H and O–H groups in total. The van der Waals surface area contributed by atoms with Crippen molar-refractivity contribution < 1.29 is 4.74 Å². The third kappa shape index (κ3) is 1.60. The number of hydrogen-bond acceptors (Lipinski definition) is 3. The summed E-state index contributed by atoms with van der Waals surface area (Å²) in [6, 6.07) is 2.02. The zero-order chi connectivity index (χ0) is 8.27. The summed E-state index contributed by atoms with van der Waals surface area (Å²) in [6.07, 6.45) is 3.10. The molecule has 1 rings (SSSR count). The number of rotatable bonds is 1. The van der Waals surface area contributed by atoms with Crippen molar-refractivity contribution in [3.8, 4) is 11.8 Å². The second kappa shape index (κ2) is 3.53. The van der Waals surface area contributed by atoms with Crippen LogP contribution >= 0.6 is 22.6 Å². The first-order valence-electron chi connectivity index (χ1n) is 2.87. The Hall–Kier alpha value is -0.830. The van der Waals surface area contributed by atoms with Gasteiger partial charge in [-0.3, -0.25) is 4.98 Å². The number of pyridine rings is 1. The second-order valence-electron chi connectivity index (χ2n) is 1.82. The lowest BCUT2D eigenvalue weighted by atomic mass is 10.3. The van der Waals surface area contributed by atoms with Crippen LogP contribution in [0, 0.1) is 14.9 Å². The first-order valence-corrected chi connectivity index (χ1v) is 3.95. The molecule has 3 nitrogen and oxygen atoms in total. The molecular weight excluding hydrogens is 255 g/mol. The first-order chi connectivity index (χ1) is 5.29. The number of nitrogens with zero attached hydrogens (tertiary/aromatic N) is 2. The molecule has 0 amide bonds. The lowest BCUT2D eigenvalue weighted by molar-refractivity contribution is 0.409. The van der Waals surface area contributed by atoms with Crippen molar-refractivity contribution in [1.82, 2.24) is 4.98 Å². The summed E-state index contributed by atoms with van der Waals surface area (Å²) < 4.78 is 5.77. The summed E-state index contributed by atoms with van der Waals surface area (Å²) in [5, 5.41) is 8.59. The lowest BCUT2D eigenvalue weighted by Crippen LogP contribution is -1.91. The van der Waals surface area contributed by atoms with Crippen LogP contribution in [0.3, 0.4) is 0 Å². The fourth-order valence-corrected chi connectivity index (χ4v) is 1.27. The third-order valence-electron chi connectivity index (χ3n) is 1.19. The standard InChI is InChI=1S/C7H5IN2O/c1-11-6-4-10-3-5(2-9)7(6)8/h3-4H,1H3. The second-order valence-corrected chi connectivity index (χ2v) is 2.89. The maximum Gasteiger partial charge on any atom is 0.151 e. The minimum Gasteiger partial charge on any atom is -0.494 e. The van der Waals surface area contributed by atoms with Gasteiger partial charge in [-0.25, -0.2) is 0 Å². The van der Waals surface area contributed by atoms with E-state index in [1.807, 2.05) is 6.07 Å². The van der Waals surface area contributed by atoms with Gasteiger partial charge in [0.2, 0.25) is 0 Å². The Bertz CT molecular complexity index is 306. The molecule has 0 aromatic carbocycles. The molecule has 11 heavy (non-hydrogen) atoms. The van der Waals surface area contributed by atoms with Crippen LogP contribution in [0.1, 0.15) is 5.56 Å². The van der Waals surface area contributed by atoms with Crippen molar-refractivity contribution >= 4 is 22.6 Å².